The Labute approximate surface area is 163 Å². The SMILES string of the molecule is CC(=O)O[C@@H]1[C@@H](OC(C)=O)[C@@H](NC(=O)OC(C)(C)C)C[C@H](C=O)[C@H]1OC(C)=O. The quantitative estimate of drug-likeness (QED) is 0.405. The van der Waals surface area contributed by atoms with Crippen LogP contribution in [0.15, 0.2) is 0 Å². The van der Waals surface area contributed by atoms with Gasteiger partial charge in [0.25, 0.3) is 0 Å². The van der Waals surface area contributed by atoms with Crippen LogP contribution in [0.5, 0.6) is 0 Å². The van der Waals surface area contributed by atoms with Crippen molar-refractivity contribution >= 4 is 30.3 Å². The van der Waals surface area contributed by atoms with Gasteiger partial charge in [0.2, 0.25) is 0 Å². The summed E-state index contributed by atoms with van der Waals surface area (Å²) in [5, 5.41) is 2.54. The highest BCUT2D eigenvalue weighted by Crippen LogP contribution is 2.32. The summed E-state index contributed by atoms with van der Waals surface area (Å²) >= 11 is 0. The van der Waals surface area contributed by atoms with Crippen LogP contribution in [0, 0.1) is 5.92 Å². The molecule has 1 aliphatic carbocycles. The van der Waals surface area contributed by atoms with E-state index in [-0.39, 0.29) is 6.42 Å². The summed E-state index contributed by atoms with van der Waals surface area (Å²) in [6.07, 6.45) is -3.91. The molecule has 5 atom stereocenters. The summed E-state index contributed by atoms with van der Waals surface area (Å²) in [6.45, 7) is 8.41. The zero-order valence-corrected chi connectivity index (χ0v) is 16.8. The molecular weight excluding hydrogens is 374 g/mol. The highest BCUT2D eigenvalue weighted by Gasteiger charge is 2.51. The summed E-state index contributed by atoms with van der Waals surface area (Å²) in [5.41, 5.74) is -0.782. The number of amides is 1. The Hall–Kier alpha value is -2.65. The second-order valence-electron chi connectivity index (χ2n) is 7.51. The fourth-order valence-electron chi connectivity index (χ4n) is 2.97. The summed E-state index contributed by atoms with van der Waals surface area (Å²) in [6, 6.07) is -0.912. The van der Waals surface area contributed by atoms with Crippen LogP contribution in [0.2, 0.25) is 0 Å². The van der Waals surface area contributed by atoms with Crippen molar-refractivity contribution in [3.8, 4) is 0 Å². The van der Waals surface area contributed by atoms with Crippen LogP contribution in [0.3, 0.4) is 0 Å². The number of rotatable bonds is 5. The summed E-state index contributed by atoms with van der Waals surface area (Å²) in [5.74, 6) is -3.04. The molecule has 28 heavy (non-hydrogen) atoms. The van der Waals surface area contributed by atoms with Gasteiger partial charge in [-0.05, 0) is 27.2 Å². The number of carbonyl (C=O) groups is 5. The lowest BCUT2D eigenvalue weighted by atomic mass is 9.79. The number of hydrogen-bond acceptors (Lipinski definition) is 9. The number of nitrogens with one attached hydrogen (secondary N) is 1. The van der Waals surface area contributed by atoms with Crippen molar-refractivity contribution in [2.24, 2.45) is 5.92 Å². The normalized spacial score (nSPS) is 27.1. The third-order valence-electron chi connectivity index (χ3n) is 3.78. The van der Waals surface area contributed by atoms with E-state index in [1.54, 1.807) is 20.8 Å². The zero-order chi connectivity index (χ0) is 21.6. The average molecular weight is 401 g/mol. The van der Waals surface area contributed by atoms with Crippen LogP contribution >= 0.6 is 0 Å². The Morgan fingerprint density at radius 2 is 1.32 bits per heavy atom. The van der Waals surface area contributed by atoms with Gasteiger partial charge in [0.1, 0.15) is 11.9 Å². The van der Waals surface area contributed by atoms with E-state index in [2.05, 4.69) is 5.32 Å². The van der Waals surface area contributed by atoms with Crippen molar-refractivity contribution in [1.82, 2.24) is 5.32 Å². The molecule has 1 amide bonds. The van der Waals surface area contributed by atoms with Crippen LogP contribution in [0.4, 0.5) is 4.79 Å². The molecule has 10 nitrogen and oxygen atoms in total. The Morgan fingerprint density at radius 1 is 0.857 bits per heavy atom. The van der Waals surface area contributed by atoms with Crippen molar-refractivity contribution in [2.45, 2.75) is 77.9 Å². The van der Waals surface area contributed by atoms with Gasteiger partial charge in [-0.3, -0.25) is 14.4 Å². The molecule has 10 heteroatoms. The maximum atomic E-state index is 12.2. The lowest BCUT2D eigenvalue weighted by Crippen LogP contribution is -2.62. The topological polar surface area (TPSA) is 134 Å². The maximum Gasteiger partial charge on any atom is 0.408 e. The van der Waals surface area contributed by atoms with E-state index >= 15 is 0 Å². The zero-order valence-electron chi connectivity index (χ0n) is 16.8. The second kappa shape index (κ2) is 9.52. The Morgan fingerprint density at radius 3 is 1.75 bits per heavy atom. The largest absolute Gasteiger partial charge is 0.458 e. The van der Waals surface area contributed by atoms with Crippen LogP contribution in [-0.2, 0) is 38.1 Å². The van der Waals surface area contributed by atoms with Crippen molar-refractivity contribution in [1.29, 1.82) is 0 Å². The number of alkyl carbamates (subject to hydrolysis) is 1. The molecule has 0 aliphatic heterocycles. The molecule has 0 radical (unpaired) electrons. The van der Waals surface area contributed by atoms with Gasteiger partial charge in [0.15, 0.2) is 18.3 Å². The molecule has 0 aromatic heterocycles. The van der Waals surface area contributed by atoms with Crippen LogP contribution < -0.4 is 5.32 Å². The van der Waals surface area contributed by atoms with Crippen molar-refractivity contribution in [3.05, 3.63) is 0 Å². The molecule has 0 saturated heterocycles. The molecule has 1 rings (SSSR count). The predicted octanol–water partition coefficient (Wildman–Crippen LogP) is 0.894. The molecule has 0 unspecified atom stereocenters. The van der Waals surface area contributed by atoms with Crippen LogP contribution in [0.25, 0.3) is 0 Å². The smallest absolute Gasteiger partial charge is 0.408 e. The third-order valence-corrected chi connectivity index (χ3v) is 3.78. The van der Waals surface area contributed by atoms with Crippen molar-refractivity contribution in [2.75, 3.05) is 0 Å². The number of hydrogen-bond donors (Lipinski definition) is 1. The third kappa shape index (κ3) is 7.16. The van der Waals surface area contributed by atoms with E-state index in [0.29, 0.717) is 6.29 Å². The lowest BCUT2D eigenvalue weighted by molar-refractivity contribution is -0.199. The Balaban J connectivity index is 3.23. The maximum absolute atomic E-state index is 12.2. The second-order valence-corrected chi connectivity index (χ2v) is 7.51. The highest BCUT2D eigenvalue weighted by molar-refractivity contribution is 5.71. The fraction of sp³-hybridized carbons (Fsp3) is 0.722. The first-order valence-electron chi connectivity index (χ1n) is 8.80. The van der Waals surface area contributed by atoms with Gasteiger partial charge in [-0.15, -0.1) is 0 Å². The van der Waals surface area contributed by atoms with Gasteiger partial charge in [-0.1, -0.05) is 0 Å². The van der Waals surface area contributed by atoms with Gasteiger partial charge in [0.05, 0.1) is 12.0 Å². The first-order valence-corrected chi connectivity index (χ1v) is 8.80. The minimum absolute atomic E-state index is 0.0175. The van der Waals surface area contributed by atoms with Crippen LogP contribution in [0.1, 0.15) is 48.0 Å². The van der Waals surface area contributed by atoms with Gasteiger partial charge < -0.3 is 29.1 Å². The molecule has 1 saturated carbocycles. The minimum atomic E-state index is -1.28. The highest BCUT2D eigenvalue weighted by atomic mass is 16.6. The average Bonchev–Trinajstić information content (AvgIpc) is 2.49. The standard InChI is InChI=1S/C18H27NO9/c1-9(21)25-14-12(8-20)7-13(19-17(24)28-18(4,5)6)15(26-10(2)22)16(14)27-11(3)23/h8,12-16H,7H2,1-6H3,(H,19,24)/t12-,13+,14-,15+,16+/m1/s1. The molecule has 0 heterocycles. The molecule has 0 spiro atoms. The predicted molar refractivity (Wildman–Crippen MR) is 94.0 cm³/mol. The van der Waals surface area contributed by atoms with Gasteiger partial charge in [0, 0.05) is 20.8 Å². The minimum Gasteiger partial charge on any atom is -0.458 e. The molecule has 0 aromatic carbocycles. The monoisotopic (exact) mass is 401 g/mol. The number of ether oxygens (including phenoxy) is 4. The molecule has 0 aromatic rings. The molecule has 1 aliphatic rings. The van der Waals surface area contributed by atoms with E-state index in [4.69, 9.17) is 18.9 Å². The first kappa shape index (κ1) is 23.4. The number of carbonyl (C=O) groups excluding carboxylic acids is 5. The van der Waals surface area contributed by atoms with E-state index in [0.717, 1.165) is 20.8 Å². The Bertz CT molecular complexity index is 625. The van der Waals surface area contributed by atoms with Gasteiger partial charge in [-0.25, -0.2) is 4.79 Å². The van der Waals surface area contributed by atoms with Crippen molar-refractivity contribution < 1.29 is 42.9 Å². The van der Waals surface area contributed by atoms with E-state index in [9.17, 15) is 24.0 Å². The lowest BCUT2D eigenvalue weighted by Gasteiger charge is -2.43. The van der Waals surface area contributed by atoms with E-state index in [1.807, 2.05) is 0 Å². The Kier molecular flexibility index (Phi) is 7.95. The van der Waals surface area contributed by atoms with E-state index in [1.165, 1.54) is 0 Å². The van der Waals surface area contributed by atoms with Gasteiger partial charge >= 0.3 is 24.0 Å². The molecule has 1 fully saturated rings. The van der Waals surface area contributed by atoms with Crippen LogP contribution in [-0.4, -0.2) is 60.2 Å². The first-order chi connectivity index (χ1) is 12.8. The molecule has 158 valence electrons. The number of esters is 3. The molecular formula is C18H27NO9. The number of aldehydes is 1. The van der Waals surface area contributed by atoms with E-state index < -0.39 is 59.9 Å². The molecule has 1 N–H and O–H groups in total. The summed E-state index contributed by atoms with van der Waals surface area (Å²) in [7, 11) is 0. The van der Waals surface area contributed by atoms with Gasteiger partial charge in [-0.2, -0.15) is 0 Å². The van der Waals surface area contributed by atoms with Crippen molar-refractivity contribution in [3.63, 3.8) is 0 Å². The summed E-state index contributed by atoms with van der Waals surface area (Å²) < 4.78 is 20.8. The fourth-order valence-corrected chi connectivity index (χ4v) is 2.97. The molecule has 0 bridgehead atoms. The summed E-state index contributed by atoms with van der Waals surface area (Å²) in [4.78, 5) is 58.4.